The van der Waals surface area contributed by atoms with Crippen molar-refractivity contribution in [1.82, 2.24) is 4.90 Å². The fraction of sp³-hybridized carbons (Fsp3) is 0.846. The molecule has 1 heterocycles. The van der Waals surface area contributed by atoms with Gasteiger partial charge in [-0.3, -0.25) is 4.90 Å². The summed E-state index contributed by atoms with van der Waals surface area (Å²) in [6.45, 7) is 9.43. The number of rotatable bonds is 3. The molecule has 0 aromatic rings. The number of likely N-dealkylation sites (tertiary alicyclic amines) is 1. The molecule has 15 heavy (non-hydrogen) atoms. The van der Waals surface area contributed by atoms with Gasteiger partial charge in [-0.25, -0.2) is 4.39 Å². The van der Waals surface area contributed by atoms with Gasteiger partial charge in [-0.2, -0.15) is 0 Å². The van der Waals surface area contributed by atoms with Crippen LogP contribution in [0.4, 0.5) is 4.39 Å². The second-order valence-corrected chi connectivity index (χ2v) is 5.67. The lowest BCUT2D eigenvalue weighted by Gasteiger charge is -2.37. The highest BCUT2D eigenvalue weighted by atomic mass is 19.1. The van der Waals surface area contributed by atoms with Crippen molar-refractivity contribution in [2.24, 2.45) is 5.92 Å². The summed E-state index contributed by atoms with van der Waals surface area (Å²) in [5, 5.41) is 0. The molecule has 0 bridgehead atoms. The molecule has 0 aliphatic carbocycles. The smallest absolute Gasteiger partial charge is 0.122 e. The molecule has 0 amide bonds. The van der Waals surface area contributed by atoms with E-state index in [0.29, 0.717) is 13.0 Å². The van der Waals surface area contributed by atoms with Crippen LogP contribution < -0.4 is 0 Å². The lowest BCUT2D eigenvalue weighted by molar-refractivity contribution is 0.103. The van der Waals surface area contributed by atoms with E-state index in [1.165, 1.54) is 0 Å². The summed E-state index contributed by atoms with van der Waals surface area (Å²) < 4.78 is 13.7. The Morgan fingerprint density at radius 1 is 1.60 bits per heavy atom. The number of nitrogens with zero attached hydrogens (tertiary/aromatic N) is 1. The third-order valence-electron chi connectivity index (χ3n) is 3.37. The molecule has 0 spiro atoms. The summed E-state index contributed by atoms with van der Waals surface area (Å²) in [5.41, 5.74) is -1.01. The van der Waals surface area contributed by atoms with Gasteiger partial charge >= 0.3 is 0 Å². The third-order valence-corrected chi connectivity index (χ3v) is 3.37. The molecule has 1 fully saturated rings. The highest BCUT2D eigenvalue weighted by Gasteiger charge is 2.40. The molecule has 2 heteroatoms. The first kappa shape index (κ1) is 12.5. The number of hydrogen-bond acceptors (Lipinski definition) is 1. The molecule has 1 aliphatic rings. The Morgan fingerprint density at radius 2 is 2.20 bits per heavy atom. The lowest BCUT2D eigenvalue weighted by atomic mass is 9.90. The maximum Gasteiger partial charge on any atom is 0.122 e. The van der Waals surface area contributed by atoms with E-state index in [2.05, 4.69) is 24.7 Å². The van der Waals surface area contributed by atoms with E-state index in [-0.39, 0.29) is 11.5 Å². The summed E-state index contributed by atoms with van der Waals surface area (Å²) in [7, 11) is 0. The van der Waals surface area contributed by atoms with Crippen LogP contribution in [-0.2, 0) is 0 Å². The van der Waals surface area contributed by atoms with Gasteiger partial charge in [-0.1, -0.05) is 6.92 Å². The van der Waals surface area contributed by atoms with Crippen LogP contribution in [0, 0.1) is 18.3 Å². The maximum absolute atomic E-state index is 13.7. The minimum atomic E-state index is -1.02. The van der Waals surface area contributed by atoms with E-state index < -0.39 is 5.67 Å². The summed E-state index contributed by atoms with van der Waals surface area (Å²) in [6.07, 6.45) is 6.96. The van der Waals surface area contributed by atoms with Crippen LogP contribution in [0.1, 0.15) is 40.5 Å². The summed E-state index contributed by atoms with van der Waals surface area (Å²) in [6, 6.07) is 0. The zero-order chi connectivity index (χ0) is 11.7. The molecule has 0 saturated carbocycles. The Hall–Kier alpha value is -0.550. The van der Waals surface area contributed by atoms with Gasteiger partial charge in [0.05, 0.1) is 0 Å². The van der Waals surface area contributed by atoms with E-state index >= 15 is 0 Å². The fourth-order valence-corrected chi connectivity index (χ4v) is 2.38. The molecule has 0 radical (unpaired) electrons. The molecule has 86 valence electrons. The number of terminal acetylenes is 1. The van der Waals surface area contributed by atoms with E-state index in [1.807, 2.05) is 6.92 Å². The summed E-state index contributed by atoms with van der Waals surface area (Å²) in [5.74, 6) is 3.00. The highest BCUT2D eigenvalue weighted by Crippen LogP contribution is 2.33. The number of halogens is 1. The maximum atomic E-state index is 13.7. The predicted octanol–water partition coefficient (Wildman–Crippen LogP) is 2.86. The normalized spacial score (nSPS) is 30.1. The van der Waals surface area contributed by atoms with Crippen LogP contribution in [0.5, 0.6) is 0 Å². The van der Waals surface area contributed by atoms with E-state index in [0.717, 1.165) is 13.0 Å². The average Bonchev–Trinajstić information content (AvgIpc) is 2.45. The van der Waals surface area contributed by atoms with Crippen molar-refractivity contribution in [2.75, 3.05) is 13.1 Å². The molecule has 1 aliphatic heterocycles. The van der Waals surface area contributed by atoms with Crippen LogP contribution >= 0.6 is 0 Å². The van der Waals surface area contributed by atoms with E-state index in [9.17, 15) is 4.39 Å². The van der Waals surface area contributed by atoms with Crippen molar-refractivity contribution in [3.8, 4) is 12.3 Å². The highest BCUT2D eigenvalue weighted by molar-refractivity contribution is 4.99. The van der Waals surface area contributed by atoms with Crippen molar-refractivity contribution in [2.45, 2.75) is 51.7 Å². The van der Waals surface area contributed by atoms with E-state index in [1.54, 1.807) is 6.92 Å². The van der Waals surface area contributed by atoms with Gasteiger partial charge < -0.3 is 0 Å². The average molecular weight is 211 g/mol. The SMILES string of the molecule is C#CC(C)CC(C)(C)N1CCC(C)(F)C1. The van der Waals surface area contributed by atoms with E-state index in [4.69, 9.17) is 6.42 Å². The topological polar surface area (TPSA) is 3.24 Å². The minimum absolute atomic E-state index is 0.00956. The van der Waals surface area contributed by atoms with Crippen LogP contribution in [0.2, 0.25) is 0 Å². The van der Waals surface area contributed by atoms with Gasteiger partial charge in [0.1, 0.15) is 5.67 Å². The van der Waals surface area contributed by atoms with Gasteiger partial charge in [0.25, 0.3) is 0 Å². The zero-order valence-corrected chi connectivity index (χ0v) is 10.3. The lowest BCUT2D eigenvalue weighted by Crippen LogP contribution is -2.44. The summed E-state index contributed by atoms with van der Waals surface area (Å²) in [4.78, 5) is 2.22. The number of alkyl halides is 1. The molecule has 0 aromatic heterocycles. The molecule has 2 atom stereocenters. The first-order valence-electron chi connectivity index (χ1n) is 5.67. The molecular weight excluding hydrogens is 189 g/mol. The van der Waals surface area contributed by atoms with Gasteiger partial charge in [0.2, 0.25) is 0 Å². The molecule has 0 N–H and O–H groups in total. The number of hydrogen-bond donors (Lipinski definition) is 0. The Kier molecular flexibility index (Phi) is 3.45. The molecule has 1 nitrogen and oxygen atoms in total. The van der Waals surface area contributed by atoms with Crippen LogP contribution in [-0.4, -0.2) is 29.2 Å². The second kappa shape index (κ2) is 4.14. The van der Waals surface area contributed by atoms with Crippen LogP contribution in [0.25, 0.3) is 0 Å². The van der Waals surface area contributed by atoms with Gasteiger partial charge in [-0.05, 0) is 33.6 Å². The van der Waals surface area contributed by atoms with Crippen LogP contribution in [0.3, 0.4) is 0 Å². The van der Waals surface area contributed by atoms with Crippen LogP contribution in [0.15, 0.2) is 0 Å². The molecule has 0 aromatic carbocycles. The molecule has 2 unspecified atom stereocenters. The second-order valence-electron chi connectivity index (χ2n) is 5.67. The molecule has 1 rings (SSSR count). The van der Waals surface area contributed by atoms with Crippen molar-refractivity contribution in [3.63, 3.8) is 0 Å². The fourth-order valence-electron chi connectivity index (χ4n) is 2.38. The Balaban J connectivity index is 2.60. The van der Waals surface area contributed by atoms with Crippen molar-refractivity contribution in [3.05, 3.63) is 0 Å². The zero-order valence-electron chi connectivity index (χ0n) is 10.3. The minimum Gasteiger partial charge on any atom is -0.295 e. The molecular formula is C13H22FN. The first-order valence-corrected chi connectivity index (χ1v) is 5.67. The van der Waals surface area contributed by atoms with Crippen molar-refractivity contribution in [1.29, 1.82) is 0 Å². The third kappa shape index (κ3) is 3.21. The monoisotopic (exact) mass is 211 g/mol. The standard InChI is InChI=1S/C13H22FN/c1-6-11(2)9-12(3,4)15-8-7-13(5,14)10-15/h1,11H,7-10H2,2-5H3. The van der Waals surface area contributed by atoms with Gasteiger partial charge in [0.15, 0.2) is 0 Å². The quantitative estimate of drug-likeness (QED) is 0.649. The largest absolute Gasteiger partial charge is 0.295 e. The Morgan fingerprint density at radius 3 is 2.60 bits per heavy atom. The van der Waals surface area contributed by atoms with Crippen molar-refractivity contribution < 1.29 is 4.39 Å². The first-order chi connectivity index (χ1) is 6.77. The Labute approximate surface area is 93.0 Å². The Bertz CT molecular complexity index is 262. The predicted molar refractivity (Wildman–Crippen MR) is 62.4 cm³/mol. The van der Waals surface area contributed by atoms with Gasteiger partial charge in [-0.15, -0.1) is 12.3 Å². The molecule has 1 saturated heterocycles. The van der Waals surface area contributed by atoms with Gasteiger partial charge in [0, 0.05) is 24.5 Å². The summed E-state index contributed by atoms with van der Waals surface area (Å²) >= 11 is 0. The van der Waals surface area contributed by atoms with Crippen molar-refractivity contribution >= 4 is 0 Å².